The molecule has 2 aliphatic heterocycles. The third kappa shape index (κ3) is 3.09. The first-order valence-electron chi connectivity index (χ1n) is 11.2. The van der Waals surface area contributed by atoms with Crippen molar-refractivity contribution >= 4 is 17.8 Å². The van der Waals surface area contributed by atoms with Crippen LogP contribution in [-0.2, 0) is 9.59 Å². The SMILES string of the molecule is [2H]C(CCCN1C(=O)[C@@H]2[C@@H]3CC[C@@H](C3)[C@@H]2C1=O)N1CCN(c2ncccn2)CC1. The van der Waals surface area contributed by atoms with E-state index in [0.29, 0.717) is 31.2 Å². The standard InChI is InChI=1S/C21H29N5O2/c27-19-17-15-4-5-16(14-15)18(17)20(28)26(19)9-2-1-8-24-10-12-25(13-11-24)21-22-6-3-7-23-21/h3,6-7,15-18H,1-2,4-5,8-14H2/t15-,16+,17-,18+/i8D/t8?,15-,16+,17-,18+. The zero-order valence-electron chi connectivity index (χ0n) is 17.2. The van der Waals surface area contributed by atoms with E-state index in [-0.39, 0.29) is 30.2 Å². The van der Waals surface area contributed by atoms with Crippen LogP contribution in [-0.4, -0.2) is 70.8 Å². The molecular formula is C21H29N5O2. The molecule has 28 heavy (non-hydrogen) atoms. The van der Waals surface area contributed by atoms with Crippen molar-refractivity contribution in [1.82, 2.24) is 19.8 Å². The van der Waals surface area contributed by atoms with Crippen molar-refractivity contribution in [3.63, 3.8) is 0 Å². The number of likely N-dealkylation sites (tertiary alicyclic amines) is 1. The van der Waals surface area contributed by atoms with Crippen molar-refractivity contribution in [1.29, 1.82) is 0 Å². The lowest BCUT2D eigenvalue weighted by atomic mass is 9.81. The first-order chi connectivity index (χ1) is 14.1. The van der Waals surface area contributed by atoms with Crippen LogP contribution < -0.4 is 4.90 Å². The van der Waals surface area contributed by atoms with Crippen LogP contribution >= 0.6 is 0 Å². The van der Waals surface area contributed by atoms with E-state index in [1.807, 2.05) is 6.07 Å². The first-order valence-corrected chi connectivity index (χ1v) is 10.7. The highest BCUT2D eigenvalue weighted by Crippen LogP contribution is 2.56. The van der Waals surface area contributed by atoms with Gasteiger partial charge in [0.2, 0.25) is 17.8 Å². The first kappa shape index (κ1) is 16.9. The number of amides is 2. The maximum atomic E-state index is 12.8. The molecule has 2 aliphatic carbocycles. The van der Waals surface area contributed by atoms with E-state index < -0.39 is 0 Å². The number of carbonyl (C=O) groups is 2. The van der Waals surface area contributed by atoms with E-state index in [0.717, 1.165) is 51.4 Å². The van der Waals surface area contributed by atoms with E-state index in [9.17, 15) is 9.59 Å². The second kappa shape index (κ2) is 7.43. The number of aromatic nitrogens is 2. The molecule has 0 N–H and O–H groups in total. The zero-order chi connectivity index (χ0) is 20.0. The summed E-state index contributed by atoms with van der Waals surface area (Å²) < 4.78 is 8.50. The van der Waals surface area contributed by atoms with Gasteiger partial charge in [0.1, 0.15) is 0 Å². The van der Waals surface area contributed by atoms with Crippen LogP contribution in [0.1, 0.15) is 33.5 Å². The Morgan fingerprint density at radius 1 is 0.964 bits per heavy atom. The van der Waals surface area contributed by atoms with Crippen molar-refractivity contribution in [2.24, 2.45) is 23.7 Å². The summed E-state index contributed by atoms with van der Waals surface area (Å²) in [5.74, 6) is 1.73. The van der Waals surface area contributed by atoms with Crippen LogP contribution in [0.25, 0.3) is 0 Å². The highest BCUT2D eigenvalue weighted by Gasteiger charge is 2.60. The van der Waals surface area contributed by atoms with Gasteiger partial charge in [0.15, 0.2) is 0 Å². The van der Waals surface area contributed by atoms with Crippen LogP contribution in [0, 0.1) is 23.7 Å². The van der Waals surface area contributed by atoms with E-state index in [1.165, 1.54) is 4.90 Å². The van der Waals surface area contributed by atoms with Gasteiger partial charge in [-0.3, -0.25) is 19.4 Å². The third-order valence-electron chi connectivity index (χ3n) is 7.14. The van der Waals surface area contributed by atoms with Gasteiger partial charge in [0, 0.05) is 46.5 Å². The normalized spacial score (nSPS) is 34.1. The summed E-state index contributed by atoms with van der Waals surface area (Å²) in [6.07, 6.45) is 8.21. The number of carbonyl (C=O) groups excluding carboxylic acids is 2. The van der Waals surface area contributed by atoms with Gasteiger partial charge in [0.25, 0.3) is 0 Å². The van der Waals surface area contributed by atoms with Gasteiger partial charge in [-0.25, -0.2) is 9.97 Å². The monoisotopic (exact) mass is 384 g/mol. The van der Waals surface area contributed by atoms with Crippen LogP contribution in [0.15, 0.2) is 18.5 Å². The molecule has 5 atom stereocenters. The number of anilines is 1. The topological polar surface area (TPSA) is 69.6 Å². The lowest BCUT2D eigenvalue weighted by Crippen LogP contribution is -2.47. The fourth-order valence-electron chi connectivity index (χ4n) is 5.77. The molecule has 1 aromatic heterocycles. The number of fused-ring (bicyclic) bond motifs is 5. The average molecular weight is 385 g/mol. The number of imide groups is 1. The molecule has 5 rings (SSSR count). The Bertz CT molecular complexity index is 742. The molecule has 3 heterocycles. The third-order valence-corrected chi connectivity index (χ3v) is 7.14. The summed E-state index contributed by atoms with van der Waals surface area (Å²) >= 11 is 0. The van der Waals surface area contributed by atoms with Gasteiger partial charge >= 0.3 is 0 Å². The van der Waals surface area contributed by atoms with E-state index in [1.54, 1.807) is 12.4 Å². The molecule has 0 spiro atoms. The van der Waals surface area contributed by atoms with Gasteiger partial charge in [-0.2, -0.15) is 0 Å². The summed E-state index contributed by atoms with van der Waals surface area (Å²) in [5, 5.41) is 0. The molecule has 0 radical (unpaired) electrons. The quantitative estimate of drug-likeness (QED) is 0.691. The van der Waals surface area contributed by atoms with Crippen LogP contribution in [0.2, 0.25) is 0 Å². The summed E-state index contributed by atoms with van der Waals surface area (Å²) in [5.41, 5.74) is 0. The van der Waals surface area contributed by atoms with Crippen molar-refractivity contribution < 1.29 is 11.0 Å². The molecule has 4 aliphatic rings. The molecule has 1 unspecified atom stereocenters. The molecule has 2 saturated heterocycles. The Hall–Kier alpha value is -2.02. The predicted octanol–water partition coefficient (Wildman–Crippen LogP) is 1.41. The molecule has 150 valence electrons. The van der Waals surface area contributed by atoms with E-state index in [2.05, 4.69) is 19.8 Å². The number of rotatable bonds is 6. The van der Waals surface area contributed by atoms with E-state index in [4.69, 9.17) is 1.37 Å². The second-order valence-corrected chi connectivity index (χ2v) is 8.61. The highest BCUT2D eigenvalue weighted by atomic mass is 16.2. The molecule has 0 aromatic carbocycles. The van der Waals surface area contributed by atoms with E-state index >= 15 is 0 Å². The van der Waals surface area contributed by atoms with Crippen molar-refractivity contribution in [3.05, 3.63) is 18.5 Å². The molecule has 7 heteroatoms. The minimum atomic E-state index is -0.294. The molecule has 4 fully saturated rings. The van der Waals surface area contributed by atoms with Crippen molar-refractivity contribution in [2.75, 3.05) is 44.1 Å². The summed E-state index contributed by atoms with van der Waals surface area (Å²) in [7, 11) is 0. The molecule has 1 aromatic rings. The summed E-state index contributed by atoms with van der Waals surface area (Å²) in [4.78, 5) is 40.0. The van der Waals surface area contributed by atoms with Gasteiger partial charge in [-0.1, -0.05) is 0 Å². The average Bonchev–Trinajstić information content (AvgIpc) is 3.44. The highest BCUT2D eigenvalue weighted by molar-refractivity contribution is 6.06. The lowest BCUT2D eigenvalue weighted by Gasteiger charge is -2.34. The summed E-state index contributed by atoms with van der Waals surface area (Å²) in [6, 6.07) is 1.81. The van der Waals surface area contributed by atoms with Crippen molar-refractivity contribution in [2.45, 2.75) is 32.1 Å². The Labute approximate surface area is 167 Å². The van der Waals surface area contributed by atoms with Crippen LogP contribution in [0.3, 0.4) is 0 Å². The number of nitrogens with zero attached hydrogens (tertiary/aromatic N) is 5. The van der Waals surface area contributed by atoms with Crippen LogP contribution in [0.4, 0.5) is 5.95 Å². The molecule has 2 bridgehead atoms. The maximum absolute atomic E-state index is 12.8. The predicted molar refractivity (Wildman–Crippen MR) is 104 cm³/mol. The van der Waals surface area contributed by atoms with Gasteiger partial charge in [-0.05, 0) is 56.5 Å². The largest absolute Gasteiger partial charge is 0.338 e. The minimum absolute atomic E-state index is 0.0265. The molecule has 2 amide bonds. The Morgan fingerprint density at radius 3 is 2.25 bits per heavy atom. The number of hydrogen-bond acceptors (Lipinski definition) is 6. The van der Waals surface area contributed by atoms with Gasteiger partial charge < -0.3 is 4.90 Å². The minimum Gasteiger partial charge on any atom is -0.338 e. The van der Waals surface area contributed by atoms with Gasteiger partial charge in [0.05, 0.1) is 11.8 Å². The Kier molecular flexibility index (Phi) is 4.48. The lowest BCUT2D eigenvalue weighted by molar-refractivity contribution is -0.140. The Morgan fingerprint density at radius 2 is 1.61 bits per heavy atom. The number of piperazine rings is 1. The molecule has 2 saturated carbocycles. The fourth-order valence-corrected chi connectivity index (χ4v) is 5.77. The zero-order valence-corrected chi connectivity index (χ0v) is 16.2. The summed E-state index contributed by atoms with van der Waals surface area (Å²) in [6.45, 7) is 3.43. The maximum Gasteiger partial charge on any atom is 0.233 e. The number of hydrogen-bond donors (Lipinski definition) is 0. The fraction of sp³-hybridized carbons (Fsp3) is 0.714. The van der Waals surface area contributed by atoms with Crippen LogP contribution in [0.5, 0.6) is 0 Å². The second-order valence-electron chi connectivity index (χ2n) is 8.61. The molecule has 7 nitrogen and oxygen atoms in total. The van der Waals surface area contributed by atoms with Gasteiger partial charge in [-0.15, -0.1) is 0 Å². The van der Waals surface area contributed by atoms with Crippen molar-refractivity contribution in [3.8, 4) is 0 Å². The molecular weight excluding hydrogens is 354 g/mol. The smallest absolute Gasteiger partial charge is 0.233 e. The Balaban J connectivity index is 1.09.